The zero-order valence-electron chi connectivity index (χ0n) is 10.3. The molecule has 1 heterocycles. The number of benzene rings is 1. The largest absolute Gasteiger partial charge is 0.493 e. The molecule has 0 spiro atoms. The summed E-state index contributed by atoms with van der Waals surface area (Å²) in [6, 6.07) is 8.20. The second kappa shape index (κ2) is 6.31. The van der Waals surface area contributed by atoms with Gasteiger partial charge in [-0.15, -0.1) is 0 Å². The van der Waals surface area contributed by atoms with Gasteiger partial charge in [0.05, 0.1) is 12.7 Å². The number of thioether (sulfide) groups is 1. The highest BCUT2D eigenvalue weighted by atomic mass is 32.2. The van der Waals surface area contributed by atoms with E-state index >= 15 is 0 Å². The third-order valence-corrected chi connectivity index (χ3v) is 4.18. The topological polar surface area (TPSA) is 29.5 Å². The van der Waals surface area contributed by atoms with Crippen LogP contribution < -0.4 is 4.74 Å². The minimum Gasteiger partial charge on any atom is -0.493 e. The highest BCUT2D eigenvalue weighted by Gasteiger charge is 2.23. The standard InChI is InChI=1S/C14H20O2S/c1-2-17-10-12(15)9-11-7-8-16-14-6-4-3-5-13(11)14/h3-6,11-12,15H,2,7-10H2,1H3. The van der Waals surface area contributed by atoms with E-state index in [0.29, 0.717) is 5.92 Å². The predicted octanol–water partition coefficient (Wildman–Crippen LogP) is 3.06. The van der Waals surface area contributed by atoms with E-state index in [1.54, 1.807) is 11.8 Å². The Hall–Kier alpha value is -0.670. The summed E-state index contributed by atoms with van der Waals surface area (Å²) in [5, 5.41) is 10.00. The second-order valence-electron chi connectivity index (χ2n) is 4.42. The molecule has 2 unspecified atom stereocenters. The van der Waals surface area contributed by atoms with E-state index in [9.17, 15) is 5.11 Å². The fraction of sp³-hybridized carbons (Fsp3) is 0.571. The molecule has 1 aromatic carbocycles. The van der Waals surface area contributed by atoms with Crippen molar-refractivity contribution in [3.05, 3.63) is 29.8 Å². The van der Waals surface area contributed by atoms with Crippen molar-refractivity contribution in [3.63, 3.8) is 0 Å². The lowest BCUT2D eigenvalue weighted by atomic mass is 9.88. The van der Waals surface area contributed by atoms with Crippen LogP contribution in [-0.2, 0) is 0 Å². The van der Waals surface area contributed by atoms with Crippen LogP contribution >= 0.6 is 11.8 Å². The van der Waals surface area contributed by atoms with Crippen LogP contribution in [0.15, 0.2) is 24.3 Å². The number of aliphatic hydroxyl groups excluding tert-OH is 1. The Kier molecular flexibility index (Phi) is 4.75. The number of ether oxygens (including phenoxy) is 1. The summed E-state index contributed by atoms with van der Waals surface area (Å²) in [5.74, 6) is 3.36. The number of para-hydroxylation sites is 1. The summed E-state index contributed by atoms with van der Waals surface area (Å²) < 4.78 is 5.63. The second-order valence-corrected chi connectivity index (χ2v) is 5.74. The van der Waals surface area contributed by atoms with Crippen LogP contribution in [0.4, 0.5) is 0 Å². The molecule has 2 atom stereocenters. The summed E-state index contributed by atoms with van der Waals surface area (Å²) in [4.78, 5) is 0. The van der Waals surface area contributed by atoms with Gasteiger partial charge in [-0.05, 0) is 36.1 Å². The molecular formula is C14H20O2S. The third-order valence-electron chi connectivity index (χ3n) is 3.15. The van der Waals surface area contributed by atoms with Crippen LogP contribution in [0.3, 0.4) is 0 Å². The zero-order chi connectivity index (χ0) is 12.1. The molecular weight excluding hydrogens is 232 g/mol. The molecule has 0 saturated carbocycles. The fourth-order valence-electron chi connectivity index (χ4n) is 2.31. The molecule has 2 rings (SSSR count). The lowest BCUT2D eigenvalue weighted by Crippen LogP contribution is -2.20. The van der Waals surface area contributed by atoms with Gasteiger partial charge in [0.2, 0.25) is 0 Å². The summed E-state index contributed by atoms with van der Waals surface area (Å²) in [5.41, 5.74) is 1.26. The van der Waals surface area contributed by atoms with Crippen molar-refractivity contribution in [1.29, 1.82) is 0 Å². The normalized spacial score (nSPS) is 20.5. The fourth-order valence-corrected chi connectivity index (χ4v) is 2.95. The van der Waals surface area contributed by atoms with E-state index in [1.807, 2.05) is 18.2 Å². The van der Waals surface area contributed by atoms with Gasteiger partial charge >= 0.3 is 0 Å². The first kappa shape index (κ1) is 12.8. The Morgan fingerprint density at radius 3 is 3.12 bits per heavy atom. The maximum absolute atomic E-state index is 10.00. The van der Waals surface area contributed by atoms with E-state index in [1.165, 1.54) is 5.56 Å². The van der Waals surface area contributed by atoms with Gasteiger partial charge in [-0.2, -0.15) is 11.8 Å². The summed E-state index contributed by atoms with van der Waals surface area (Å²) in [6.07, 6.45) is 1.68. The van der Waals surface area contributed by atoms with Gasteiger partial charge < -0.3 is 9.84 Å². The Morgan fingerprint density at radius 2 is 2.29 bits per heavy atom. The minimum absolute atomic E-state index is 0.198. The van der Waals surface area contributed by atoms with Gasteiger partial charge in [-0.3, -0.25) is 0 Å². The Morgan fingerprint density at radius 1 is 1.47 bits per heavy atom. The highest BCUT2D eigenvalue weighted by Crippen LogP contribution is 2.36. The molecule has 2 nitrogen and oxygen atoms in total. The molecule has 0 aliphatic carbocycles. The van der Waals surface area contributed by atoms with Crippen molar-refractivity contribution < 1.29 is 9.84 Å². The quantitative estimate of drug-likeness (QED) is 0.873. The summed E-state index contributed by atoms with van der Waals surface area (Å²) >= 11 is 1.80. The van der Waals surface area contributed by atoms with Crippen molar-refractivity contribution in [2.24, 2.45) is 0 Å². The molecule has 0 saturated heterocycles. The molecule has 0 bridgehead atoms. The van der Waals surface area contributed by atoms with E-state index in [0.717, 1.165) is 36.7 Å². The number of hydrogen-bond donors (Lipinski definition) is 1. The van der Waals surface area contributed by atoms with Crippen molar-refractivity contribution in [2.75, 3.05) is 18.1 Å². The predicted molar refractivity (Wildman–Crippen MR) is 72.9 cm³/mol. The molecule has 0 amide bonds. The molecule has 0 radical (unpaired) electrons. The number of hydrogen-bond acceptors (Lipinski definition) is 3. The van der Waals surface area contributed by atoms with E-state index < -0.39 is 0 Å². The smallest absolute Gasteiger partial charge is 0.122 e. The summed E-state index contributed by atoms with van der Waals surface area (Å²) in [6.45, 7) is 2.90. The lowest BCUT2D eigenvalue weighted by Gasteiger charge is -2.27. The molecule has 0 aromatic heterocycles. The Bertz CT molecular complexity index is 354. The first-order valence-electron chi connectivity index (χ1n) is 6.28. The van der Waals surface area contributed by atoms with Crippen LogP contribution in [0.5, 0.6) is 5.75 Å². The van der Waals surface area contributed by atoms with Crippen LogP contribution in [0.1, 0.15) is 31.2 Å². The van der Waals surface area contributed by atoms with E-state index in [2.05, 4.69) is 13.0 Å². The highest BCUT2D eigenvalue weighted by molar-refractivity contribution is 7.99. The van der Waals surface area contributed by atoms with E-state index in [-0.39, 0.29) is 6.10 Å². The molecule has 1 aliphatic rings. The van der Waals surface area contributed by atoms with Gasteiger partial charge in [-0.25, -0.2) is 0 Å². The SMILES string of the molecule is CCSCC(O)CC1CCOc2ccccc21. The van der Waals surface area contributed by atoms with Gasteiger partial charge in [-0.1, -0.05) is 25.1 Å². The van der Waals surface area contributed by atoms with Gasteiger partial charge in [0, 0.05) is 5.75 Å². The van der Waals surface area contributed by atoms with Crippen molar-refractivity contribution >= 4 is 11.8 Å². The first-order valence-corrected chi connectivity index (χ1v) is 7.44. The van der Waals surface area contributed by atoms with Crippen LogP contribution in [0.25, 0.3) is 0 Å². The van der Waals surface area contributed by atoms with Crippen LogP contribution in [-0.4, -0.2) is 29.3 Å². The lowest BCUT2D eigenvalue weighted by molar-refractivity contribution is 0.164. The van der Waals surface area contributed by atoms with Gasteiger partial charge in [0.1, 0.15) is 5.75 Å². The Balaban J connectivity index is 1.98. The van der Waals surface area contributed by atoms with Gasteiger partial charge in [0.25, 0.3) is 0 Å². The molecule has 94 valence electrons. The number of aliphatic hydroxyl groups is 1. The average molecular weight is 252 g/mol. The van der Waals surface area contributed by atoms with Crippen LogP contribution in [0, 0.1) is 0 Å². The number of fused-ring (bicyclic) bond motifs is 1. The van der Waals surface area contributed by atoms with Crippen molar-refractivity contribution in [1.82, 2.24) is 0 Å². The van der Waals surface area contributed by atoms with E-state index in [4.69, 9.17) is 4.74 Å². The molecule has 1 aliphatic heterocycles. The van der Waals surface area contributed by atoms with Crippen molar-refractivity contribution in [3.8, 4) is 5.75 Å². The monoisotopic (exact) mass is 252 g/mol. The number of rotatable bonds is 5. The zero-order valence-corrected chi connectivity index (χ0v) is 11.1. The minimum atomic E-state index is -0.198. The molecule has 17 heavy (non-hydrogen) atoms. The van der Waals surface area contributed by atoms with Crippen LogP contribution in [0.2, 0.25) is 0 Å². The Labute approximate surface area is 107 Å². The first-order chi connectivity index (χ1) is 8.31. The summed E-state index contributed by atoms with van der Waals surface area (Å²) in [7, 11) is 0. The van der Waals surface area contributed by atoms with Crippen molar-refractivity contribution in [2.45, 2.75) is 31.8 Å². The molecule has 1 aromatic rings. The van der Waals surface area contributed by atoms with Gasteiger partial charge in [0.15, 0.2) is 0 Å². The maximum Gasteiger partial charge on any atom is 0.122 e. The molecule has 1 N–H and O–H groups in total. The third kappa shape index (κ3) is 3.39. The molecule has 3 heteroatoms. The average Bonchev–Trinajstić information content (AvgIpc) is 2.37. The maximum atomic E-state index is 10.00. The molecule has 0 fully saturated rings.